The molecule has 0 amide bonds. The topological polar surface area (TPSA) is 83.8 Å². The Kier molecular flexibility index (Phi) is 4.77. The van der Waals surface area contributed by atoms with E-state index in [0.29, 0.717) is 12.8 Å². The van der Waals surface area contributed by atoms with Crippen molar-refractivity contribution in [2.45, 2.75) is 44.2 Å². The van der Waals surface area contributed by atoms with E-state index in [1.165, 1.54) is 0 Å². The molecule has 88 valence electrons. The molecule has 5 nitrogen and oxygen atoms in total. The van der Waals surface area contributed by atoms with Crippen molar-refractivity contribution in [2.24, 2.45) is 0 Å². The highest BCUT2D eigenvalue weighted by Crippen LogP contribution is 2.52. The van der Waals surface area contributed by atoms with Crippen molar-refractivity contribution in [1.82, 2.24) is 0 Å². The third-order valence-corrected chi connectivity index (χ3v) is 4.62. The lowest BCUT2D eigenvalue weighted by Crippen LogP contribution is -2.15. The van der Waals surface area contributed by atoms with Gasteiger partial charge in [-0.1, -0.05) is 19.3 Å². The third kappa shape index (κ3) is 4.33. The minimum atomic E-state index is -3.59. The van der Waals surface area contributed by atoms with Crippen molar-refractivity contribution in [3.8, 4) is 0 Å². The first-order chi connectivity index (χ1) is 7.02. The summed E-state index contributed by atoms with van der Waals surface area (Å²) in [6, 6.07) is 0. The van der Waals surface area contributed by atoms with Crippen LogP contribution in [0, 0.1) is 0 Å². The number of aliphatic carboxylic acids is 1. The predicted molar refractivity (Wildman–Crippen MR) is 54.9 cm³/mol. The van der Waals surface area contributed by atoms with Gasteiger partial charge in [0, 0.05) is 0 Å². The van der Waals surface area contributed by atoms with E-state index in [4.69, 9.17) is 9.63 Å². The normalized spacial score (nSPS) is 22.2. The van der Waals surface area contributed by atoms with Crippen LogP contribution in [0.25, 0.3) is 0 Å². The molecule has 0 spiro atoms. The van der Waals surface area contributed by atoms with Crippen LogP contribution >= 0.6 is 7.60 Å². The molecule has 1 unspecified atom stereocenters. The minimum Gasteiger partial charge on any atom is -0.481 e. The largest absolute Gasteiger partial charge is 0.481 e. The Morgan fingerprint density at radius 1 is 1.33 bits per heavy atom. The van der Waals surface area contributed by atoms with E-state index in [1.807, 2.05) is 0 Å². The third-order valence-electron chi connectivity index (χ3n) is 2.63. The maximum Gasteiger partial charge on any atom is 0.331 e. The van der Waals surface area contributed by atoms with E-state index in [1.54, 1.807) is 0 Å². The SMILES string of the molecule is O=C(O)CCOP(=O)(O)C1CCCCC1. The second kappa shape index (κ2) is 5.64. The zero-order valence-corrected chi connectivity index (χ0v) is 9.49. The Balaban J connectivity index is 2.36. The Morgan fingerprint density at radius 2 is 1.93 bits per heavy atom. The lowest BCUT2D eigenvalue weighted by atomic mass is 10.0. The molecule has 1 saturated carbocycles. The lowest BCUT2D eigenvalue weighted by Gasteiger charge is -2.25. The Morgan fingerprint density at radius 3 is 2.47 bits per heavy atom. The van der Waals surface area contributed by atoms with Gasteiger partial charge in [0.2, 0.25) is 0 Å². The van der Waals surface area contributed by atoms with Crippen LogP contribution in [0.4, 0.5) is 0 Å². The van der Waals surface area contributed by atoms with Gasteiger partial charge in [-0.15, -0.1) is 0 Å². The molecule has 1 fully saturated rings. The van der Waals surface area contributed by atoms with Gasteiger partial charge in [-0.2, -0.15) is 0 Å². The molecule has 0 aliphatic heterocycles. The van der Waals surface area contributed by atoms with Crippen LogP contribution < -0.4 is 0 Å². The highest BCUT2D eigenvalue weighted by atomic mass is 31.2. The fraction of sp³-hybridized carbons (Fsp3) is 0.889. The molecule has 0 radical (unpaired) electrons. The molecule has 1 rings (SSSR count). The van der Waals surface area contributed by atoms with Gasteiger partial charge in [-0.25, -0.2) is 0 Å². The Labute approximate surface area is 89.0 Å². The van der Waals surface area contributed by atoms with Gasteiger partial charge in [0.1, 0.15) is 0 Å². The molecular formula is C9H17O5P. The molecule has 1 aliphatic rings. The molecule has 2 N–H and O–H groups in total. The van der Waals surface area contributed by atoms with E-state index in [0.717, 1.165) is 19.3 Å². The van der Waals surface area contributed by atoms with Crippen molar-refractivity contribution in [3.05, 3.63) is 0 Å². The number of carboxylic acids is 1. The van der Waals surface area contributed by atoms with Crippen molar-refractivity contribution in [2.75, 3.05) is 6.61 Å². The molecule has 0 aromatic carbocycles. The van der Waals surface area contributed by atoms with Gasteiger partial charge < -0.3 is 14.5 Å². The fourth-order valence-electron chi connectivity index (χ4n) is 1.78. The molecule has 0 heterocycles. The van der Waals surface area contributed by atoms with Crippen LogP contribution in [-0.2, 0) is 13.9 Å². The molecular weight excluding hydrogens is 219 g/mol. The standard InChI is InChI=1S/C9H17O5P/c10-9(11)6-7-14-15(12,13)8-4-2-1-3-5-8/h8H,1-7H2,(H,10,11)(H,12,13). The second-order valence-electron chi connectivity index (χ2n) is 3.83. The first-order valence-corrected chi connectivity index (χ1v) is 6.86. The molecule has 15 heavy (non-hydrogen) atoms. The predicted octanol–water partition coefficient (Wildman–Crippen LogP) is 2.00. The molecule has 0 aromatic heterocycles. The number of hydrogen-bond donors (Lipinski definition) is 2. The Hall–Kier alpha value is -0.380. The highest BCUT2D eigenvalue weighted by Gasteiger charge is 2.33. The van der Waals surface area contributed by atoms with E-state index < -0.39 is 13.6 Å². The van der Waals surface area contributed by atoms with Gasteiger partial charge in [0.25, 0.3) is 0 Å². The zero-order chi connectivity index (χ0) is 11.3. The fourth-order valence-corrected chi connectivity index (χ4v) is 3.36. The van der Waals surface area contributed by atoms with Crippen molar-refractivity contribution in [1.29, 1.82) is 0 Å². The van der Waals surface area contributed by atoms with Gasteiger partial charge in [0.05, 0.1) is 18.7 Å². The van der Waals surface area contributed by atoms with Crippen molar-refractivity contribution < 1.29 is 23.9 Å². The minimum absolute atomic E-state index is 0.181. The molecule has 1 atom stereocenters. The monoisotopic (exact) mass is 236 g/mol. The van der Waals surface area contributed by atoms with Crippen LogP contribution in [0.3, 0.4) is 0 Å². The summed E-state index contributed by atoms with van der Waals surface area (Å²) in [5.41, 5.74) is -0.292. The number of rotatable bonds is 5. The zero-order valence-electron chi connectivity index (χ0n) is 8.59. The molecule has 0 bridgehead atoms. The molecule has 0 aromatic rings. The average Bonchev–Trinajstić information content (AvgIpc) is 2.18. The summed E-state index contributed by atoms with van der Waals surface area (Å²) in [5.74, 6) is -1.02. The smallest absolute Gasteiger partial charge is 0.331 e. The molecule has 1 aliphatic carbocycles. The van der Waals surface area contributed by atoms with Crippen molar-refractivity contribution >= 4 is 13.6 Å². The Bertz CT molecular complexity index is 259. The summed E-state index contributed by atoms with van der Waals surface area (Å²) < 4.78 is 16.5. The summed E-state index contributed by atoms with van der Waals surface area (Å²) >= 11 is 0. The number of carbonyl (C=O) groups is 1. The van der Waals surface area contributed by atoms with Crippen LogP contribution in [0.5, 0.6) is 0 Å². The highest BCUT2D eigenvalue weighted by molar-refractivity contribution is 7.53. The van der Waals surface area contributed by atoms with Gasteiger partial charge in [-0.05, 0) is 12.8 Å². The van der Waals surface area contributed by atoms with Gasteiger partial charge in [-0.3, -0.25) is 9.36 Å². The lowest BCUT2D eigenvalue weighted by molar-refractivity contribution is -0.137. The second-order valence-corrected chi connectivity index (χ2v) is 5.95. The van der Waals surface area contributed by atoms with E-state index in [2.05, 4.69) is 0 Å². The quantitative estimate of drug-likeness (QED) is 0.713. The number of hydrogen-bond acceptors (Lipinski definition) is 3. The van der Waals surface area contributed by atoms with E-state index >= 15 is 0 Å². The van der Waals surface area contributed by atoms with Crippen LogP contribution in [0.2, 0.25) is 0 Å². The molecule has 0 saturated heterocycles. The summed E-state index contributed by atoms with van der Waals surface area (Å²) in [7, 11) is -3.59. The number of carboxylic acid groups (broad SMARTS) is 1. The van der Waals surface area contributed by atoms with Crippen LogP contribution in [0.1, 0.15) is 38.5 Å². The van der Waals surface area contributed by atoms with E-state index in [-0.39, 0.29) is 18.7 Å². The van der Waals surface area contributed by atoms with Crippen LogP contribution in [-0.4, -0.2) is 28.2 Å². The summed E-state index contributed by atoms with van der Waals surface area (Å²) in [5, 5.41) is 8.37. The maximum atomic E-state index is 11.7. The van der Waals surface area contributed by atoms with Crippen molar-refractivity contribution in [3.63, 3.8) is 0 Å². The maximum absolute atomic E-state index is 11.7. The summed E-state index contributed by atoms with van der Waals surface area (Å²) in [4.78, 5) is 19.8. The van der Waals surface area contributed by atoms with E-state index in [9.17, 15) is 14.3 Å². The first kappa shape index (κ1) is 12.7. The first-order valence-electron chi connectivity index (χ1n) is 5.21. The summed E-state index contributed by atoms with van der Waals surface area (Å²) in [6.07, 6.45) is 4.21. The van der Waals surface area contributed by atoms with Gasteiger partial charge >= 0.3 is 13.6 Å². The van der Waals surface area contributed by atoms with Gasteiger partial charge in [0.15, 0.2) is 0 Å². The average molecular weight is 236 g/mol. The summed E-state index contributed by atoms with van der Waals surface area (Å²) in [6.45, 7) is -0.181. The van der Waals surface area contributed by atoms with Crippen LogP contribution in [0.15, 0.2) is 0 Å². The molecule has 6 heteroatoms.